The molecule has 3 aliphatic heterocycles. The predicted molar refractivity (Wildman–Crippen MR) is 148 cm³/mol. The van der Waals surface area contributed by atoms with Crippen molar-refractivity contribution in [2.75, 3.05) is 20.8 Å². The van der Waals surface area contributed by atoms with E-state index in [4.69, 9.17) is 14.2 Å². The van der Waals surface area contributed by atoms with E-state index >= 15 is 0 Å². The van der Waals surface area contributed by atoms with Gasteiger partial charge in [-0.05, 0) is 89.0 Å². The molecule has 0 aromatic heterocycles. The van der Waals surface area contributed by atoms with E-state index in [9.17, 15) is 19.2 Å². The van der Waals surface area contributed by atoms with Gasteiger partial charge in [-0.1, -0.05) is 12.8 Å². The van der Waals surface area contributed by atoms with Gasteiger partial charge in [-0.15, -0.1) is 0 Å². The monoisotopic (exact) mass is 573 g/mol. The number of amides is 2. The maximum Gasteiger partial charge on any atom is 0.310 e. The van der Waals surface area contributed by atoms with Crippen molar-refractivity contribution in [2.45, 2.75) is 114 Å². The van der Waals surface area contributed by atoms with E-state index in [0.717, 1.165) is 51.5 Å². The number of carbonyl (C=O) groups is 4. The molecule has 41 heavy (non-hydrogen) atoms. The maximum absolute atomic E-state index is 13.8. The van der Waals surface area contributed by atoms with Gasteiger partial charge in [0, 0.05) is 24.0 Å². The van der Waals surface area contributed by atoms with Crippen molar-refractivity contribution in [3.05, 3.63) is 0 Å². The Balaban J connectivity index is 1.10. The van der Waals surface area contributed by atoms with E-state index in [-0.39, 0.29) is 41.8 Å². The minimum atomic E-state index is -0.692. The molecule has 10 heteroatoms. The van der Waals surface area contributed by atoms with Gasteiger partial charge in [0.25, 0.3) is 0 Å². The van der Waals surface area contributed by atoms with Gasteiger partial charge in [0.1, 0.15) is 6.10 Å². The molecule has 0 spiro atoms. The molecule has 2 amide bonds. The summed E-state index contributed by atoms with van der Waals surface area (Å²) in [5.74, 6) is 0.124. The van der Waals surface area contributed by atoms with Gasteiger partial charge in [-0.25, -0.2) is 0 Å². The van der Waals surface area contributed by atoms with Crippen LogP contribution < -0.4 is 10.6 Å². The van der Waals surface area contributed by atoms with Crippen LogP contribution in [-0.4, -0.2) is 85.8 Å². The van der Waals surface area contributed by atoms with Crippen molar-refractivity contribution in [2.24, 2.45) is 35.5 Å². The molecule has 6 aliphatic rings. The molecule has 228 valence electrons. The minimum absolute atomic E-state index is 0.0466. The quantitative estimate of drug-likeness (QED) is 0.464. The standard InChI is InChI=1S/C31H47N3O7/c1-16(28(35)33-24-14-17(30(37)39-2)8-10-22(24)31(38)40-3)41-18-9-11-25-23(15-18)20-12-13-32-26-19-6-4-5-7-21(19)29(36)34(25)27(20)26/h16-27,32H,4-15H2,1-3H3,(H,33,35). The summed E-state index contributed by atoms with van der Waals surface area (Å²) in [6.45, 7) is 2.78. The van der Waals surface area contributed by atoms with E-state index in [1.165, 1.54) is 20.6 Å². The second-order valence-corrected chi connectivity index (χ2v) is 13.4. The number of ether oxygens (including phenoxy) is 3. The van der Waals surface area contributed by atoms with E-state index < -0.39 is 18.1 Å². The zero-order valence-corrected chi connectivity index (χ0v) is 24.7. The number of hydrogen-bond donors (Lipinski definition) is 2. The first-order chi connectivity index (χ1) is 19.8. The van der Waals surface area contributed by atoms with Gasteiger partial charge < -0.3 is 29.7 Å². The minimum Gasteiger partial charge on any atom is -0.469 e. The molecule has 0 aromatic carbocycles. The van der Waals surface area contributed by atoms with Gasteiger partial charge in [-0.2, -0.15) is 0 Å². The highest BCUT2D eigenvalue weighted by Gasteiger charge is 2.61. The SMILES string of the molecule is COC(=O)C1CCC(C(=O)OC)C(NC(=O)C(C)OC2CCC3C(C2)C2CCNC4C5CCCCC5C(=O)N3C24)C1. The molecule has 10 nitrogen and oxygen atoms in total. The van der Waals surface area contributed by atoms with Crippen LogP contribution in [0.25, 0.3) is 0 Å². The molecule has 3 saturated carbocycles. The Bertz CT molecular complexity index is 1040. The first-order valence-electron chi connectivity index (χ1n) is 16.0. The van der Waals surface area contributed by atoms with Crippen LogP contribution in [0.5, 0.6) is 0 Å². The summed E-state index contributed by atoms with van der Waals surface area (Å²) in [6, 6.07) is 0.486. The third kappa shape index (κ3) is 5.17. The lowest BCUT2D eigenvalue weighted by Gasteiger charge is -2.52. The van der Waals surface area contributed by atoms with Crippen LogP contribution in [0.1, 0.15) is 77.6 Å². The highest BCUT2D eigenvalue weighted by Crippen LogP contribution is 2.54. The first kappa shape index (κ1) is 28.9. The lowest BCUT2D eigenvalue weighted by Crippen LogP contribution is -2.66. The van der Waals surface area contributed by atoms with Gasteiger partial charge in [0.2, 0.25) is 11.8 Å². The average Bonchev–Trinajstić information content (AvgIpc) is 3.33. The van der Waals surface area contributed by atoms with Gasteiger partial charge in [0.05, 0.1) is 38.2 Å². The molecule has 12 unspecified atom stereocenters. The maximum atomic E-state index is 13.8. The number of rotatable bonds is 6. The topological polar surface area (TPSA) is 123 Å². The number of carbonyl (C=O) groups excluding carboxylic acids is 4. The van der Waals surface area contributed by atoms with Crippen molar-refractivity contribution in [1.82, 2.24) is 15.5 Å². The molecule has 0 bridgehead atoms. The van der Waals surface area contributed by atoms with Crippen LogP contribution in [0.4, 0.5) is 0 Å². The molecule has 3 saturated heterocycles. The summed E-state index contributed by atoms with van der Waals surface area (Å²) >= 11 is 0. The van der Waals surface area contributed by atoms with E-state index in [2.05, 4.69) is 15.5 Å². The van der Waals surface area contributed by atoms with Crippen LogP contribution >= 0.6 is 0 Å². The highest BCUT2D eigenvalue weighted by molar-refractivity contribution is 5.83. The number of nitrogens with one attached hydrogen (secondary N) is 2. The average molecular weight is 574 g/mol. The summed E-state index contributed by atoms with van der Waals surface area (Å²) in [5.41, 5.74) is 0. The second-order valence-electron chi connectivity index (χ2n) is 13.4. The zero-order chi connectivity index (χ0) is 28.8. The van der Waals surface area contributed by atoms with Crippen molar-refractivity contribution in [1.29, 1.82) is 0 Å². The summed E-state index contributed by atoms with van der Waals surface area (Å²) in [7, 11) is 2.70. The molecular formula is C31H47N3O7. The Hall–Kier alpha value is -2.20. The third-order valence-electron chi connectivity index (χ3n) is 11.5. The van der Waals surface area contributed by atoms with Gasteiger partial charge in [-0.3, -0.25) is 19.2 Å². The number of hydrogen-bond acceptors (Lipinski definition) is 8. The molecule has 6 rings (SSSR count). The molecular weight excluding hydrogens is 526 g/mol. The number of piperidine rings is 2. The Kier molecular flexibility index (Phi) is 8.33. The third-order valence-corrected chi connectivity index (χ3v) is 11.5. The number of fused-ring (bicyclic) bond motifs is 5. The van der Waals surface area contributed by atoms with Crippen molar-refractivity contribution >= 4 is 23.8 Å². The lowest BCUT2D eigenvalue weighted by molar-refractivity contribution is -0.154. The van der Waals surface area contributed by atoms with Crippen LogP contribution in [0, 0.1) is 35.5 Å². The van der Waals surface area contributed by atoms with Crippen LogP contribution in [0.2, 0.25) is 0 Å². The van der Waals surface area contributed by atoms with Crippen molar-refractivity contribution < 1.29 is 33.4 Å². The van der Waals surface area contributed by atoms with Gasteiger partial charge in [0.15, 0.2) is 0 Å². The Labute approximate surface area is 242 Å². The molecule has 6 fully saturated rings. The summed E-state index contributed by atoms with van der Waals surface area (Å²) in [5, 5.41) is 6.84. The van der Waals surface area contributed by atoms with Crippen LogP contribution in [0.3, 0.4) is 0 Å². The lowest BCUT2D eigenvalue weighted by atomic mass is 9.66. The summed E-state index contributed by atoms with van der Waals surface area (Å²) in [6.07, 6.45) is 8.86. The fraction of sp³-hybridized carbons (Fsp3) is 0.871. The Morgan fingerprint density at radius 3 is 2.46 bits per heavy atom. The van der Waals surface area contributed by atoms with Crippen molar-refractivity contribution in [3.63, 3.8) is 0 Å². The summed E-state index contributed by atoms with van der Waals surface area (Å²) in [4.78, 5) is 54.1. The molecule has 0 aromatic rings. The normalized spacial score (nSPS) is 42.3. The van der Waals surface area contributed by atoms with Crippen LogP contribution in [0.15, 0.2) is 0 Å². The molecule has 2 N–H and O–H groups in total. The van der Waals surface area contributed by atoms with E-state index in [0.29, 0.717) is 55.0 Å². The Morgan fingerprint density at radius 2 is 1.68 bits per heavy atom. The highest BCUT2D eigenvalue weighted by atomic mass is 16.5. The largest absolute Gasteiger partial charge is 0.469 e. The smallest absolute Gasteiger partial charge is 0.310 e. The Morgan fingerprint density at radius 1 is 0.902 bits per heavy atom. The molecule has 3 heterocycles. The van der Waals surface area contributed by atoms with Crippen molar-refractivity contribution in [3.8, 4) is 0 Å². The number of methoxy groups -OCH3 is 2. The van der Waals surface area contributed by atoms with Gasteiger partial charge >= 0.3 is 11.9 Å². The number of nitrogens with zero attached hydrogens (tertiary/aromatic N) is 1. The van der Waals surface area contributed by atoms with Crippen LogP contribution in [-0.2, 0) is 33.4 Å². The zero-order valence-electron chi connectivity index (χ0n) is 24.7. The molecule has 12 atom stereocenters. The summed E-state index contributed by atoms with van der Waals surface area (Å²) < 4.78 is 16.3. The fourth-order valence-electron chi connectivity index (χ4n) is 9.72. The molecule has 3 aliphatic carbocycles. The first-order valence-corrected chi connectivity index (χ1v) is 16.0. The molecule has 0 radical (unpaired) electrons. The fourth-order valence-corrected chi connectivity index (χ4v) is 9.72. The second kappa shape index (κ2) is 11.8. The predicted octanol–water partition coefficient (Wildman–Crippen LogP) is 2.18. The number of esters is 2. The van der Waals surface area contributed by atoms with E-state index in [1.807, 2.05) is 0 Å². The van der Waals surface area contributed by atoms with E-state index in [1.54, 1.807) is 6.92 Å².